The molecule has 20 heteroatoms. The second kappa shape index (κ2) is 23.6. The van der Waals surface area contributed by atoms with E-state index in [9.17, 15) is 19.8 Å². The molecule has 0 spiro atoms. The number of carbonyl (C=O) groups excluding carboxylic acids is 2. The number of β-amino-alcohol motifs (C(OH)–C–C–N with tert-alkyl or cyclic N) is 1. The second-order valence-electron chi connectivity index (χ2n) is 20.0. The summed E-state index contributed by atoms with van der Waals surface area (Å²) in [4.78, 5) is 53.4. The summed E-state index contributed by atoms with van der Waals surface area (Å²) in [5.41, 5.74) is 20.3. The number of phenolic OH excluding ortho intramolecular Hbond substituents is 1. The number of carbonyl (C=O) groups is 2. The lowest BCUT2D eigenvalue weighted by atomic mass is 10.0. The van der Waals surface area contributed by atoms with Crippen LogP contribution in [0.15, 0.2) is 95.4 Å². The number of nitrogen functional groups attached to an aromatic ring is 1. The number of aryl methyl sites for hydroxylation is 1. The molecular formula is C54H69N13O6S. The van der Waals surface area contributed by atoms with E-state index in [4.69, 9.17) is 20.9 Å². The van der Waals surface area contributed by atoms with E-state index < -0.39 is 18.2 Å². The van der Waals surface area contributed by atoms with E-state index in [-0.39, 0.29) is 54.6 Å². The zero-order valence-electron chi connectivity index (χ0n) is 42.7. The number of anilines is 3. The van der Waals surface area contributed by atoms with E-state index in [2.05, 4.69) is 62.2 Å². The SMILES string of the molecule is Cc1ncsc1-c1ccc([C@H](C)NC(=O)[C@@H]2C[C@@H](O)CN2C(=O)[C@@H](N=CC(=CN)OCCN2CCN(CCOc3cc(N4C5CCC4CN(c4cc(-c6ccccc6O)nnc4N)C5)ccn3)CC2)C(C)C)cc1. The van der Waals surface area contributed by atoms with Crippen LogP contribution in [0.3, 0.4) is 0 Å². The van der Waals surface area contributed by atoms with Gasteiger partial charge in [-0.2, -0.15) is 0 Å². The average Bonchev–Trinajstić information content (AvgIpc) is 4.10. The Balaban J connectivity index is 0.696. The number of phenols is 1. The Labute approximate surface area is 436 Å². The molecule has 4 fully saturated rings. The fourth-order valence-electron chi connectivity index (χ4n) is 10.6. The summed E-state index contributed by atoms with van der Waals surface area (Å²) in [6.07, 6.45) is 6.10. The minimum atomic E-state index is -0.833. The Morgan fingerprint density at radius 1 is 0.932 bits per heavy atom. The number of rotatable bonds is 19. The van der Waals surface area contributed by atoms with Crippen LogP contribution >= 0.6 is 11.3 Å². The number of piperazine rings is 2. The maximum absolute atomic E-state index is 14.1. The van der Waals surface area contributed by atoms with Crippen molar-refractivity contribution in [3.63, 3.8) is 0 Å². The third-order valence-electron chi connectivity index (χ3n) is 14.7. The molecule has 2 aromatic carbocycles. The molecule has 0 aliphatic carbocycles. The van der Waals surface area contributed by atoms with Crippen molar-refractivity contribution < 1.29 is 29.3 Å². The van der Waals surface area contributed by atoms with Gasteiger partial charge in [-0.3, -0.25) is 24.4 Å². The number of likely N-dealkylation sites (tertiary alicyclic amines) is 1. The number of aromatic nitrogens is 4. The lowest BCUT2D eigenvalue weighted by Gasteiger charge is -2.43. The zero-order valence-corrected chi connectivity index (χ0v) is 43.5. The van der Waals surface area contributed by atoms with Gasteiger partial charge in [-0.15, -0.1) is 21.5 Å². The molecule has 4 aliphatic rings. The number of amides is 2. The maximum atomic E-state index is 14.1. The standard InChI is InChI=1S/C54H69N13O6S/c1-34(2)50(54(71)66-32-42(68)26-47(66)53(70)60-35(3)37-9-11-38(12-10-37)51-36(4)59-33-74-51)58-29-43(28-55)72-23-21-63-17-19-64(20-18-63)22-24-73-49-25-39(15-16-57-49)67-40-13-14-41(67)31-65(30-40)46-27-45(61-62-52(46)56)44-7-5-6-8-48(44)69/h5-12,15-16,25,27-29,33-35,40-42,47,50,68-69H,13-14,17-24,26,30-32,55H2,1-4H3,(H2,56,62)(H,60,70)/t35-,40?,41?,42+,47-,50-/m0/s1. The van der Waals surface area contributed by atoms with Gasteiger partial charge in [0.1, 0.15) is 31.0 Å². The van der Waals surface area contributed by atoms with E-state index in [1.54, 1.807) is 23.5 Å². The number of aliphatic hydroxyl groups excluding tert-OH is 1. The van der Waals surface area contributed by atoms with Gasteiger partial charge in [-0.1, -0.05) is 50.2 Å². The summed E-state index contributed by atoms with van der Waals surface area (Å²) in [6, 6.07) is 19.8. The van der Waals surface area contributed by atoms with Crippen LogP contribution in [0, 0.1) is 12.8 Å². The second-order valence-corrected chi connectivity index (χ2v) is 20.9. The molecule has 74 heavy (non-hydrogen) atoms. The predicted molar refractivity (Wildman–Crippen MR) is 288 cm³/mol. The molecular weight excluding hydrogens is 959 g/mol. The van der Waals surface area contributed by atoms with Crippen molar-refractivity contribution in [2.75, 3.05) is 87.7 Å². The number of thiazole rings is 1. The number of pyridine rings is 1. The van der Waals surface area contributed by atoms with Crippen molar-refractivity contribution in [3.05, 3.63) is 102 Å². The number of aliphatic imine (C=N–C) groups is 1. The predicted octanol–water partition coefficient (Wildman–Crippen LogP) is 4.86. The molecule has 4 aliphatic heterocycles. The molecule has 9 rings (SSSR count). The molecule has 19 nitrogen and oxygen atoms in total. The summed E-state index contributed by atoms with van der Waals surface area (Å²) in [6.45, 7) is 15.2. The van der Waals surface area contributed by atoms with Crippen LogP contribution in [0.25, 0.3) is 21.7 Å². The van der Waals surface area contributed by atoms with E-state index in [1.165, 1.54) is 17.3 Å². The van der Waals surface area contributed by atoms with Gasteiger partial charge >= 0.3 is 0 Å². The number of fused-ring (bicyclic) bond motifs is 2. The van der Waals surface area contributed by atoms with Gasteiger partial charge in [0, 0.05) is 107 Å². The molecule has 0 saturated carbocycles. The quantitative estimate of drug-likeness (QED) is 0.0548. The van der Waals surface area contributed by atoms with Crippen LogP contribution in [0.4, 0.5) is 17.2 Å². The van der Waals surface area contributed by atoms with E-state index in [1.807, 2.05) is 81.9 Å². The van der Waals surface area contributed by atoms with Crippen molar-refractivity contribution in [3.8, 4) is 33.3 Å². The highest BCUT2D eigenvalue weighted by atomic mass is 32.1. The number of nitrogens with one attached hydrogen (secondary N) is 1. The summed E-state index contributed by atoms with van der Waals surface area (Å²) in [5, 5.41) is 32.7. The number of nitrogens with zero attached hydrogens (tertiary/aromatic N) is 10. The minimum Gasteiger partial charge on any atom is -0.507 e. The molecule has 392 valence electrons. The molecule has 7 heterocycles. The largest absolute Gasteiger partial charge is 0.507 e. The Morgan fingerprint density at radius 3 is 2.32 bits per heavy atom. The maximum Gasteiger partial charge on any atom is 0.248 e. The van der Waals surface area contributed by atoms with Gasteiger partial charge < -0.3 is 51.2 Å². The molecule has 2 bridgehead atoms. The van der Waals surface area contributed by atoms with Crippen LogP contribution in [0.5, 0.6) is 11.6 Å². The number of aliphatic hydroxyl groups is 1. The minimum absolute atomic E-state index is 0.0460. The van der Waals surface area contributed by atoms with Gasteiger partial charge in [0.05, 0.1) is 45.8 Å². The fourth-order valence-corrected chi connectivity index (χ4v) is 11.4. The van der Waals surface area contributed by atoms with Gasteiger partial charge in [-0.25, -0.2) is 9.97 Å². The van der Waals surface area contributed by atoms with E-state index in [0.29, 0.717) is 48.5 Å². The number of hydrogen-bond acceptors (Lipinski definition) is 18. The fraction of sp³-hybridized carbons (Fsp3) is 0.463. The third kappa shape index (κ3) is 12.0. The number of hydrogen-bond donors (Lipinski definition) is 5. The summed E-state index contributed by atoms with van der Waals surface area (Å²) < 4.78 is 12.3. The first-order valence-corrected chi connectivity index (χ1v) is 26.6. The van der Waals surface area contributed by atoms with Gasteiger partial charge in [0.15, 0.2) is 11.6 Å². The zero-order chi connectivity index (χ0) is 51.9. The Morgan fingerprint density at radius 2 is 1.65 bits per heavy atom. The lowest BCUT2D eigenvalue weighted by Crippen LogP contribution is -2.54. The van der Waals surface area contributed by atoms with Crippen LogP contribution < -0.4 is 31.3 Å². The lowest BCUT2D eigenvalue weighted by molar-refractivity contribution is -0.140. The van der Waals surface area contributed by atoms with Crippen LogP contribution in [-0.2, 0) is 14.3 Å². The van der Waals surface area contributed by atoms with Gasteiger partial charge in [0.25, 0.3) is 0 Å². The molecule has 2 amide bonds. The van der Waals surface area contributed by atoms with Crippen LogP contribution in [0.1, 0.15) is 57.3 Å². The van der Waals surface area contributed by atoms with Gasteiger partial charge in [-0.05, 0) is 68.0 Å². The highest BCUT2D eigenvalue weighted by Crippen LogP contribution is 2.40. The normalized spacial score (nSPS) is 21.4. The smallest absolute Gasteiger partial charge is 0.248 e. The number of para-hydroxylation sites is 1. The average molecular weight is 1030 g/mol. The third-order valence-corrected chi connectivity index (χ3v) is 15.7. The number of benzene rings is 2. The van der Waals surface area contributed by atoms with Crippen molar-refractivity contribution in [1.29, 1.82) is 0 Å². The molecule has 6 atom stereocenters. The molecule has 2 unspecified atom stereocenters. The molecule has 3 aromatic heterocycles. The Bertz CT molecular complexity index is 2770. The van der Waals surface area contributed by atoms with Gasteiger partial charge in [0.2, 0.25) is 17.7 Å². The number of nitrogens with two attached hydrogens (primary N) is 2. The van der Waals surface area contributed by atoms with Crippen LogP contribution in [0.2, 0.25) is 0 Å². The molecule has 4 saturated heterocycles. The molecule has 5 aromatic rings. The number of allylic oxidation sites excluding steroid dienone is 1. The summed E-state index contributed by atoms with van der Waals surface area (Å²) >= 11 is 1.59. The Hall–Kier alpha value is -6.87. The molecule has 0 radical (unpaired) electrons. The van der Waals surface area contributed by atoms with Crippen molar-refractivity contribution in [1.82, 2.24) is 40.2 Å². The highest BCUT2D eigenvalue weighted by Gasteiger charge is 2.43. The van der Waals surface area contributed by atoms with Crippen molar-refractivity contribution >= 4 is 46.6 Å². The number of ether oxygens (including phenoxy) is 2. The van der Waals surface area contributed by atoms with Crippen molar-refractivity contribution in [2.45, 2.75) is 83.3 Å². The molecule has 7 N–H and O–H groups in total. The van der Waals surface area contributed by atoms with Crippen LogP contribution in [-0.4, -0.2) is 165 Å². The Kier molecular flexibility index (Phi) is 16.6. The highest BCUT2D eigenvalue weighted by molar-refractivity contribution is 7.13. The topological polar surface area (TPSA) is 237 Å². The van der Waals surface area contributed by atoms with E-state index >= 15 is 0 Å². The summed E-state index contributed by atoms with van der Waals surface area (Å²) in [7, 11) is 0. The summed E-state index contributed by atoms with van der Waals surface area (Å²) in [5.74, 6) is 0.639. The monoisotopic (exact) mass is 1030 g/mol. The van der Waals surface area contributed by atoms with Crippen molar-refractivity contribution in [2.24, 2.45) is 16.6 Å². The first kappa shape index (κ1) is 52.0. The first-order valence-electron chi connectivity index (χ1n) is 25.7. The van der Waals surface area contributed by atoms with E-state index in [0.717, 1.165) is 91.7 Å². The first-order chi connectivity index (χ1) is 35.8. The number of aromatic hydroxyl groups is 1.